The Balaban J connectivity index is 2.24. The molecule has 21 heavy (non-hydrogen) atoms. The number of nitrogens with zero attached hydrogens (tertiary/aromatic N) is 4. The molecular weight excluding hydrogens is 272 g/mol. The van der Waals surface area contributed by atoms with E-state index in [9.17, 15) is 4.79 Å². The quantitative estimate of drug-likeness (QED) is 0.617. The van der Waals surface area contributed by atoms with Crippen LogP contribution in [0.2, 0.25) is 0 Å². The highest BCUT2D eigenvalue weighted by molar-refractivity contribution is 5.89. The van der Waals surface area contributed by atoms with E-state index in [1.807, 2.05) is 31.2 Å². The minimum absolute atomic E-state index is 0.000376. The second kappa shape index (κ2) is 6.65. The Morgan fingerprint density at radius 2 is 2.10 bits per heavy atom. The summed E-state index contributed by atoms with van der Waals surface area (Å²) < 4.78 is 9.99. The number of rotatable bonds is 5. The van der Waals surface area contributed by atoms with E-state index in [1.165, 1.54) is 7.11 Å². The van der Waals surface area contributed by atoms with Gasteiger partial charge in [0, 0.05) is 0 Å². The molecule has 1 aromatic heterocycles. The third-order valence-electron chi connectivity index (χ3n) is 2.67. The highest BCUT2D eigenvalue weighted by atomic mass is 16.5. The van der Waals surface area contributed by atoms with Gasteiger partial charge in [0.25, 0.3) is 5.88 Å². The summed E-state index contributed by atoms with van der Waals surface area (Å²) >= 11 is 0. The van der Waals surface area contributed by atoms with E-state index in [0.717, 1.165) is 15.9 Å². The maximum Gasteiger partial charge on any atom is 0.364 e. The summed E-state index contributed by atoms with van der Waals surface area (Å²) in [6, 6.07) is 7.80. The predicted octanol–water partition coefficient (Wildman–Crippen LogP) is 1.65. The molecular formula is C14H16N4O3. The van der Waals surface area contributed by atoms with Crippen molar-refractivity contribution < 1.29 is 14.3 Å². The van der Waals surface area contributed by atoms with Crippen LogP contribution in [0.15, 0.2) is 29.4 Å². The Bertz CT molecular complexity index is 647. The van der Waals surface area contributed by atoms with Crippen LogP contribution < -0.4 is 4.74 Å². The predicted molar refractivity (Wildman–Crippen MR) is 76.7 cm³/mol. The molecule has 0 saturated heterocycles. The molecule has 0 aliphatic heterocycles. The van der Waals surface area contributed by atoms with Crippen molar-refractivity contribution in [3.63, 3.8) is 0 Å². The summed E-state index contributed by atoms with van der Waals surface area (Å²) in [5.41, 5.74) is 2.06. The van der Waals surface area contributed by atoms with Crippen LogP contribution in [-0.4, -0.2) is 41.0 Å². The second-order valence-electron chi connectivity index (χ2n) is 4.21. The van der Waals surface area contributed by atoms with E-state index in [0.29, 0.717) is 0 Å². The van der Waals surface area contributed by atoms with Crippen LogP contribution in [-0.2, 0) is 4.74 Å². The highest BCUT2D eigenvalue weighted by Gasteiger charge is 2.21. The molecule has 1 heterocycles. The van der Waals surface area contributed by atoms with Crippen molar-refractivity contribution in [2.24, 2.45) is 5.10 Å². The van der Waals surface area contributed by atoms with Gasteiger partial charge in [0.2, 0.25) is 5.69 Å². The molecule has 7 nitrogen and oxygen atoms in total. The molecule has 2 rings (SSSR count). The van der Waals surface area contributed by atoms with Crippen molar-refractivity contribution in [3.05, 3.63) is 41.1 Å². The zero-order valence-electron chi connectivity index (χ0n) is 12.1. The molecule has 0 aliphatic carbocycles. The van der Waals surface area contributed by atoms with Crippen LogP contribution >= 0.6 is 0 Å². The Morgan fingerprint density at radius 1 is 1.38 bits per heavy atom. The van der Waals surface area contributed by atoms with Gasteiger partial charge in [-0.25, -0.2) is 4.79 Å². The SMILES string of the molecule is CCOC(=O)c1nnn(N=Cc2ccc(C)cc2)c1OC. The largest absolute Gasteiger partial charge is 0.478 e. The number of methoxy groups -OCH3 is 1. The van der Waals surface area contributed by atoms with Gasteiger partial charge in [0.15, 0.2) is 0 Å². The molecule has 7 heteroatoms. The lowest BCUT2D eigenvalue weighted by molar-refractivity contribution is 0.0515. The summed E-state index contributed by atoms with van der Waals surface area (Å²) in [4.78, 5) is 12.8. The van der Waals surface area contributed by atoms with E-state index in [4.69, 9.17) is 9.47 Å². The Kier molecular flexibility index (Phi) is 4.65. The zero-order valence-corrected chi connectivity index (χ0v) is 12.1. The van der Waals surface area contributed by atoms with Crippen LogP contribution in [0.3, 0.4) is 0 Å². The van der Waals surface area contributed by atoms with Crippen LogP contribution in [0.1, 0.15) is 28.5 Å². The van der Waals surface area contributed by atoms with Crippen molar-refractivity contribution >= 4 is 12.2 Å². The lowest BCUT2D eigenvalue weighted by Crippen LogP contribution is -2.07. The van der Waals surface area contributed by atoms with Gasteiger partial charge in [0.05, 0.1) is 19.9 Å². The molecule has 0 radical (unpaired) electrons. The zero-order chi connectivity index (χ0) is 15.2. The summed E-state index contributed by atoms with van der Waals surface area (Å²) in [6.45, 7) is 3.97. The average Bonchev–Trinajstić information content (AvgIpc) is 2.90. The Labute approximate surface area is 122 Å². The first kappa shape index (κ1) is 14.7. The standard InChI is InChI=1S/C14H16N4O3/c1-4-21-14(19)12-13(20-3)18(17-16-12)15-9-11-7-5-10(2)6-8-11/h5-9H,4H2,1-3H3. The summed E-state index contributed by atoms with van der Waals surface area (Å²) in [7, 11) is 1.42. The first-order valence-electron chi connectivity index (χ1n) is 6.43. The normalized spacial score (nSPS) is 10.8. The molecule has 0 fully saturated rings. The Hall–Kier alpha value is -2.70. The third-order valence-corrected chi connectivity index (χ3v) is 2.67. The molecule has 0 unspecified atom stereocenters. The second-order valence-corrected chi connectivity index (χ2v) is 4.21. The fourth-order valence-electron chi connectivity index (χ4n) is 1.62. The molecule has 0 saturated carbocycles. The van der Waals surface area contributed by atoms with E-state index < -0.39 is 5.97 Å². The number of hydrogen-bond donors (Lipinski definition) is 0. The van der Waals surface area contributed by atoms with Crippen LogP contribution in [0, 0.1) is 6.92 Å². The van der Waals surface area contributed by atoms with Crippen molar-refractivity contribution in [1.29, 1.82) is 0 Å². The Morgan fingerprint density at radius 3 is 2.71 bits per heavy atom. The van der Waals surface area contributed by atoms with Crippen molar-refractivity contribution in [3.8, 4) is 5.88 Å². The van der Waals surface area contributed by atoms with Crippen molar-refractivity contribution in [1.82, 2.24) is 15.1 Å². The first-order valence-corrected chi connectivity index (χ1v) is 6.43. The van der Waals surface area contributed by atoms with Gasteiger partial charge in [-0.15, -0.1) is 5.10 Å². The molecule has 0 aliphatic rings. The lowest BCUT2D eigenvalue weighted by Gasteiger charge is -2.01. The maximum absolute atomic E-state index is 11.7. The van der Waals surface area contributed by atoms with Crippen molar-refractivity contribution in [2.45, 2.75) is 13.8 Å². The maximum atomic E-state index is 11.7. The monoisotopic (exact) mass is 288 g/mol. The molecule has 0 amide bonds. The summed E-state index contributed by atoms with van der Waals surface area (Å²) in [5.74, 6) is -0.456. The molecule has 1 aromatic carbocycles. The van der Waals surface area contributed by atoms with Gasteiger partial charge in [-0.2, -0.15) is 5.10 Å². The molecule has 0 N–H and O–H groups in total. The van der Waals surface area contributed by atoms with Crippen molar-refractivity contribution in [2.75, 3.05) is 13.7 Å². The number of hydrogen-bond acceptors (Lipinski definition) is 6. The highest BCUT2D eigenvalue weighted by Crippen LogP contribution is 2.16. The molecule has 2 aromatic rings. The van der Waals surface area contributed by atoms with Gasteiger partial charge >= 0.3 is 5.97 Å². The fourth-order valence-corrected chi connectivity index (χ4v) is 1.62. The van der Waals surface area contributed by atoms with Crippen LogP contribution in [0.5, 0.6) is 5.88 Å². The third kappa shape index (κ3) is 3.44. The fraction of sp³-hybridized carbons (Fsp3) is 0.286. The molecule has 0 bridgehead atoms. The van der Waals surface area contributed by atoms with E-state index >= 15 is 0 Å². The van der Waals surface area contributed by atoms with Gasteiger partial charge in [-0.05, 0) is 24.6 Å². The number of aryl methyl sites for hydroxylation is 1. The number of benzene rings is 1. The molecule has 0 atom stereocenters. The van der Waals surface area contributed by atoms with E-state index in [2.05, 4.69) is 15.4 Å². The molecule has 110 valence electrons. The number of aromatic nitrogens is 3. The van der Waals surface area contributed by atoms with Gasteiger partial charge in [0.1, 0.15) is 0 Å². The van der Waals surface area contributed by atoms with Gasteiger partial charge < -0.3 is 9.47 Å². The number of carbonyl (C=O) groups excluding carboxylic acids is 1. The number of carbonyl (C=O) groups is 1. The topological polar surface area (TPSA) is 78.6 Å². The van der Waals surface area contributed by atoms with E-state index in [-0.39, 0.29) is 18.2 Å². The van der Waals surface area contributed by atoms with Crippen LogP contribution in [0.4, 0.5) is 0 Å². The van der Waals surface area contributed by atoms with Gasteiger partial charge in [-0.3, -0.25) is 0 Å². The average molecular weight is 288 g/mol. The smallest absolute Gasteiger partial charge is 0.364 e. The van der Waals surface area contributed by atoms with Crippen LogP contribution in [0.25, 0.3) is 0 Å². The molecule has 0 spiro atoms. The number of esters is 1. The first-order chi connectivity index (χ1) is 10.2. The lowest BCUT2D eigenvalue weighted by atomic mass is 10.2. The van der Waals surface area contributed by atoms with Gasteiger partial charge in [-0.1, -0.05) is 34.6 Å². The summed E-state index contributed by atoms with van der Waals surface area (Å²) in [6.07, 6.45) is 1.60. The summed E-state index contributed by atoms with van der Waals surface area (Å²) in [5, 5.41) is 11.6. The minimum Gasteiger partial charge on any atom is -0.478 e. The van der Waals surface area contributed by atoms with E-state index in [1.54, 1.807) is 13.1 Å². The number of ether oxygens (including phenoxy) is 2. The minimum atomic E-state index is -0.592.